The molecule has 2 aromatic heterocycles. The quantitative estimate of drug-likeness (QED) is 0.858. The number of nitrogens with one attached hydrogen (secondary N) is 1. The van der Waals surface area contributed by atoms with Crippen molar-refractivity contribution in [2.45, 2.75) is 39.0 Å². The third-order valence-corrected chi connectivity index (χ3v) is 4.43. The first-order valence-corrected chi connectivity index (χ1v) is 8.56. The Bertz CT molecular complexity index is 658. The van der Waals surface area contributed by atoms with Gasteiger partial charge in [-0.2, -0.15) is 5.10 Å². The highest BCUT2D eigenvalue weighted by Crippen LogP contribution is 2.12. The smallest absolute Gasteiger partial charge is 0.257 e. The van der Waals surface area contributed by atoms with Crippen LogP contribution in [0.15, 0.2) is 18.5 Å². The van der Waals surface area contributed by atoms with Gasteiger partial charge in [-0.05, 0) is 51.9 Å². The first-order chi connectivity index (χ1) is 11.3. The second kappa shape index (κ2) is 7.55. The molecule has 2 aromatic rings. The Morgan fingerprint density at radius 1 is 1.26 bits per heavy atom. The van der Waals surface area contributed by atoms with E-state index in [0.717, 1.165) is 13.0 Å². The van der Waals surface area contributed by atoms with Gasteiger partial charge in [0.2, 0.25) is 0 Å². The van der Waals surface area contributed by atoms with Crippen LogP contribution in [0, 0.1) is 6.92 Å². The number of aromatic nitrogens is 3. The highest BCUT2D eigenvalue weighted by Gasteiger charge is 2.17. The average Bonchev–Trinajstić information content (AvgIpc) is 2.72. The lowest BCUT2D eigenvalue weighted by Gasteiger charge is -2.19. The molecule has 1 N–H and O–H groups in total. The number of rotatable bonds is 5. The summed E-state index contributed by atoms with van der Waals surface area (Å²) in [6, 6.07) is 1.81. The van der Waals surface area contributed by atoms with Gasteiger partial charge in [-0.1, -0.05) is 12.8 Å². The minimum absolute atomic E-state index is 0.0768. The van der Waals surface area contributed by atoms with Gasteiger partial charge in [0.25, 0.3) is 5.91 Å². The fraction of sp³-hybridized carbons (Fsp3) is 0.588. The first-order valence-electron chi connectivity index (χ1n) is 8.56. The van der Waals surface area contributed by atoms with Crippen LogP contribution in [0.4, 0.5) is 0 Å². The second-order valence-corrected chi connectivity index (χ2v) is 6.21. The van der Waals surface area contributed by atoms with Crippen LogP contribution in [-0.4, -0.2) is 51.6 Å². The van der Waals surface area contributed by atoms with Crippen LogP contribution in [0.2, 0.25) is 0 Å². The second-order valence-electron chi connectivity index (χ2n) is 6.21. The van der Waals surface area contributed by atoms with E-state index >= 15 is 0 Å². The van der Waals surface area contributed by atoms with Crippen molar-refractivity contribution in [3.05, 3.63) is 29.7 Å². The Balaban J connectivity index is 1.51. The normalized spacial score (nSPS) is 16.4. The number of aryl methyl sites for hydroxylation is 1. The van der Waals surface area contributed by atoms with Gasteiger partial charge in [-0.3, -0.25) is 4.79 Å². The zero-order chi connectivity index (χ0) is 16.1. The molecule has 1 saturated heterocycles. The summed E-state index contributed by atoms with van der Waals surface area (Å²) in [4.78, 5) is 19.2. The standard InChI is InChI=1S/C17H25N5O/c1-14-15(16-18-8-7-13-22(16)20-14)17(23)19-9-6-12-21-10-4-2-3-5-11-21/h7-8,13H,2-6,9-12H2,1H3,(H,19,23). The van der Waals surface area contributed by atoms with Gasteiger partial charge in [0, 0.05) is 18.9 Å². The molecule has 6 heteroatoms. The van der Waals surface area contributed by atoms with Crippen molar-refractivity contribution in [1.82, 2.24) is 24.8 Å². The maximum absolute atomic E-state index is 12.4. The van der Waals surface area contributed by atoms with Crippen molar-refractivity contribution in [1.29, 1.82) is 0 Å². The fourth-order valence-corrected chi connectivity index (χ4v) is 3.22. The van der Waals surface area contributed by atoms with Gasteiger partial charge >= 0.3 is 0 Å². The number of hydrogen-bond donors (Lipinski definition) is 1. The molecule has 0 aliphatic carbocycles. The van der Waals surface area contributed by atoms with Crippen molar-refractivity contribution in [3.63, 3.8) is 0 Å². The summed E-state index contributed by atoms with van der Waals surface area (Å²) >= 11 is 0. The number of hydrogen-bond acceptors (Lipinski definition) is 4. The van der Waals surface area contributed by atoms with Gasteiger partial charge in [0.1, 0.15) is 5.56 Å². The molecular weight excluding hydrogens is 290 g/mol. The Morgan fingerprint density at radius 2 is 2.04 bits per heavy atom. The molecule has 0 radical (unpaired) electrons. The van der Waals surface area contributed by atoms with Crippen molar-refractivity contribution in [2.75, 3.05) is 26.2 Å². The lowest BCUT2D eigenvalue weighted by atomic mass is 10.2. The minimum Gasteiger partial charge on any atom is -0.352 e. The Labute approximate surface area is 136 Å². The molecule has 0 saturated carbocycles. The van der Waals surface area contributed by atoms with E-state index in [1.807, 2.05) is 19.2 Å². The maximum Gasteiger partial charge on any atom is 0.257 e. The summed E-state index contributed by atoms with van der Waals surface area (Å²) in [5, 5.41) is 7.35. The summed E-state index contributed by atoms with van der Waals surface area (Å²) in [6.45, 7) is 6.00. The van der Waals surface area contributed by atoms with Gasteiger partial charge in [-0.15, -0.1) is 0 Å². The monoisotopic (exact) mass is 315 g/mol. The predicted octanol–water partition coefficient (Wildman–Crippen LogP) is 2.03. The molecule has 0 aromatic carbocycles. The average molecular weight is 315 g/mol. The molecule has 23 heavy (non-hydrogen) atoms. The van der Waals surface area contributed by atoms with Crippen molar-refractivity contribution in [3.8, 4) is 0 Å². The van der Waals surface area contributed by atoms with E-state index in [0.29, 0.717) is 23.4 Å². The van der Waals surface area contributed by atoms with Crippen LogP contribution in [0.3, 0.4) is 0 Å². The minimum atomic E-state index is -0.0768. The van der Waals surface area contributed by atoms with E-state index in [2.05, 4.69) is 20.3 Å². The van der Waals surface area contributed by atoms with E-state index in [-0.39, 0.29) is 5.91 Å². The van der Waals surface area contributed by atoms with E-state index < -0.39 is 0 Å². The van der Waals surface area contributed by atoms with E-state index in [1.54, 1.807) is 10.7 Å². The maximum atomic E-state index is 12.4. The number of carbonyl (C=O) groups is 1. The molecule has 1 aliphatic heterocycles. The molecule has 124 valence electrons. The summed E-state index contributed by atoms with van der Waals surface area (Å²) in [7, 11) is 0. The molecule has 0 spiro atoms. The van der Waals surface area contributed by atoms with Crippen LogP contribution < -0.4 is 5.32 Å². The van der Waals surface area contributed by atoms with Crippen LogP contribution >= 0.6 is 0 Å². The molecule has 3 rings (SSSR count). The van der Waals surface area contributed by atoms with Crippen molar-refractivity contribution < 1.29 is 4.79 Å². The van der Waals surface area contributed by atoms with Crippen molar-refractivity contribution in [2.24, 2.45) is 0 Å². The van der Waals surface area contributed by atoms with Gasteiger partial charge in [0.05, 0.1) is 5.69 Å². The highest BCUT2D eigenvalue weighted by molar-refractivity contribution is 6.00. The van der Waals surface area contributed by atoms with Crippen LogP contribution in [0.25, 0.3) is 5.65 Å². The molecule has 1 amide bonds. The number of amides is 1. The third kappa shape index (κ3) is 3.88. The number of nitrogens with zero attached hydrogens (tertiary/aromatic N) is 4. The largest absolute Gasteiger partial charge is 0.352 e. The highest BCUT2D eigenvalue weighted by atomic mass is 16.1. The summed E-state index contributed by atoms with van der Waals surface area (Å²) in [6.07, 6.45) is 9.80. The first kappa shape index (κ1) is 15.9. The predicted molar refractivity (Wildman–Crippen MR) is 89.6 cm³/mol. The zero-order valence-corrected chi connectivity index (χ0v) is 13.8. The fourth-order valence-electron chi connectivity index (χ4n) is 3.22. The number of carbonyl (C=O) groups excluding carboxylic acids is 1. The van der Waals surface area contributed by atoms with Crippen LogP contribution in [-0.2, 0) is 0 Å². The molecule has 0 unspecified atom stereocenters. The van der Waals surface area contributed by atoms with Crippen LogP contribution in [0.5, 0.6) is 0 Å². The molecular formula is C17H25N5O. The SMILES string of the molecule is Cc1nn2cccnc2c1C(=O)NCCCN1CCCCCC1. The molecule has 1 fully saturated rings. The van der Waals surface area contributed by atoms with Crippen LogP contribution in [0.1, 0.15) is 48.2 Å². The molecule has 1 aliphatic rings. The Kier molecular flexibility index (Phi) is 5.23. The summed E-state index contributed by atoms with van der Waals surface area (Å²) in [5.74, 6) is -0.0768. The Morgan fingerprint density at radius 3 is 2.83 bits per heavy atom. The van der Waals surface area contributed by atoms with E-state index in [4.69, 9.17) is 0 Å². The lowest BCUT2D eigenvalue weighted by Crippen LogP contribution is -2.30. The van der Waals surface area contributed by atoms with E-state index in [9.17, 15) is 4.79 Å². The Hall–Kier alpha value is -1.95. The molecule has 0 bridgehead atoms. The summed E-state index contributed by atoms with van der Waals surface area (Å²) < 4.78 is 1.65. The lowest BCUT2D eigenvalue weighted by molar-refractivity contribution is 0.0952. The van der Waals surface area contributed by atoms with Gasteiger partial charge in [-0.25, -0.2) is 9.50 Å². The van der Waals surface area contributed by atoms with Gasteiger partial charge < -0.3 is 10.2 Å². The summed E-state index contributed by atoms with van der Waals surface area (Å²) in [5.41, 5.74) is 1.92. The molecule has 6 nitrogen and oxygen atoms in total. The van der Waals surface area contributed by atoms with Gasteiger partial charge in [0.15, 0.2) is 5.65 Å². The third-order valence-electron chi connectivity index (χ3n) is 4.43. The van der Waals surface area contributed by atoms with Crippen molar-refractivity contribution >= 4 is 11.6 Å². The number of fused-ring (bicyclic) bond motifs is 1. The topological polar surface area (TPSA) is 62.5 Å². The molecule has 3 heterocycles. The zero-order valence-electron chi connectivity index (χ0n) is 13.8. The number of likely N-dealkylation sites (tertiary alicyclic amines) is 1. The molecule has 0 atom stereocenters. The van der Waals surface area contributed by atoms with E-state index in [1.165, 1.54) is 38.8 Å².